The van der Waals surface area contributed by atoms with Gasteiger partial charge in [-0.3, -0.25) is 4.40 Å². The summed E-state index contributed by atoms with van der Waals surface area (Å²) < 4.78 is 1.95. The summed E-state index contributed by atoms with van der Waals surface area (Å²) in [5.74, 6) is 1.13. The van der Waals surface area contributed by atoms with Crippen LogP contribution in [0.15, 0.2) is 73.2 Å². The normalized spacial score (nSPS) is 25.9. The zero-order valence-electron chi connectivity index (χ0n) is 16.7. The lowest BCUT2D eigenvalue weighted by Gasteiger charge is -2.52. The zero-order chi connectivity index (χ0) is 20.3. The number of imidazole rings is 1. The van der Waals surface area contributed by atoms with Crippen molar-refractivity contribution >= 4 is 5.78 Å². The van der Waals surface area contributed by atoms with Gasteiger partial charge < -0.3 is 10.8 Å². The lowest BCUT2D eigenvalue weighted by molar-refractivity contribution is -0.106. The van der Waals surface area contributed by atoms with Gasteiger partial charge in [0.15, 0.2) is 0 Å². The van der Waals surface area contributed by atoms with Gasteiger partial charge in [-0.15, -0.1) is 0 Å². The highest BCUT2D eigenvalue weighted by molar-refractivity contribution is 5.81. The van der Waals surface area contributed by atoms with E-state index in [2.05, 4.69) is 47.6 Å². The summed E-state index contributed by atoms with van der Waals surface area (Å²) in [7, 11) is 0. The average Bonchev–Trinajstić information content (AvgIpc) is 3.51. The molecule has 30 heavy (non-hydrogen) atoms. The van der Waals surface area contributed by atoms with Crippen LogP contribution in [0.3, 0.4) is 0 Å². The first-order valence-electron chi connectivity index (χ1n) is 10.6. The monoisotopic (exact) mass is 396 g/mol. The van der Waals surface area contributed by atoms with E-state index in [0.29, 0.717) is 24.5 Å². The predicted molar refractivity (Wildman–Crippen MR) is 117 cm³/mol. The molecule has 150 valence electrons. The maximum absolute atomic E-state index is 10.7. The van der Waals surface area contributed by atoms with Crippen LogP contribution in [0.5, 0.6) is 0 Å². The molecule has 5 nitrogen and oxygen atoms in total. The molecule has 0 unspecified atom stereocenters. The van der Waals surface area contributed by atoms with Gasteiger partial charge in [-0.05, 0) is 42.7 Å². The van der Waals surface area contributed by atoms with Crippen LogP contribution in [0.4, 0.5) is 0 Å². The van der Waals surface area contributed by atoms with E-state index in [1.165, 1.54) is 0 Å². The molecule has 0 saturated heterocycles. The minimum atomic E-state index is -0.554. The first-order valence-corrected chi connectivity index (χ1v) is 10.6. The Hall–Kier alpha value is -3.02. The summed E-state index contributed by atoms with van der Waals surface area (Å²) >= 11 is 0. The van der Waals surface area contributed by atoms with Gasteiger partial charge in [0.2, 0.25) is 5.78 Å². The molecule has 6 rings (SSSR count). The third kappa shape index (κ3) is 2.77. The first kappa shape index (κ1) is 17.8. The fourth-order valence-electron chi connectivity index (χ4n) is 5.02. The highest BCUT2D eigenvalue weighted by Gasteiger charge is 2.58. The van der Waals surface area contributed by atoms with Crippen molar-refractivity contribution in [1.29, 1.82) is 0 Å². The summed E-state index contributed by atoms with van der Waals surface area (Å²) in [5, 5.41) is 10.7. The summed E-state index contributed by atoms with van der Waals surface area (Å²) in [5.41, 5.74) is 10.9. The topological polar surface area (TPSA) is 76.4 Å². The van der Waals surface area contributed by atoms with Crippen LogP contribution < -0.4 is 5.73 Å². The molecule has 4 aromatic rings. The Morgan fingerprint density at radius 2 is 1.70 bits per heavy atom. The molecule has 0 spiro atoms. The van der Waals surface area contributed by atoms with E-state index in [1.54, 1.807) is 6.20 Å². The molecule has 2 aliphatic rings. The van der Waals surface area contributed by atoms with E-state index >= 15 is 0 Å². The molecular weight excluding hydrogens is 372 g/mol. The van der Waals surface area contributed by atoms with E-state index in [1.807, 2.05) is 28.8 Å². The number of rotatable bonds is 4. The molecule has 5 heteroatoms. The largest absolute Gasteiger partial charge is 0.389 e. The van der Waals surface area contributed by atoms with Crippen molar-refractivity contribution in [3.05, 3.63) is 78.8 Å². The molecule has 0 aliphatic heterocycles. The fraction of sp³-hybridized carbons (Fsp3) is 0.280. The molecule has 0 amide bonds. The Kier molecular flexibility index (Phi) is 3.70. The van der Waals surface area contributed by atoms with Crippen LogP contribution in [0, 0.1) is 5.92 Å². The highest BCUT2D eigenvalue weighted by Crippen LogP contribution is 2.57. The Morgan fingerprint density at radius 3 is 2.40 bits per heavy atom. The third-order valence-electron chi connectivity index (χ3n) is 6.78. The average molecular weight is 396 g/mol. The van der Waals surface area contributed by atoms with Crippen LogP contribution in [-0.2, 0) is 5.54 Å². The molecule has 0 radical (unpaired) electrons. The highest BCUT2D eigenvalue weighted by atomic mass is 16.3. The minimum absolute atomic E-state index is 0.432. The van der Waals surface area contributed by atoms with Gasteiger partial charge >= 0.3 is 0 Å². The van der Waals surface area contributed by atoms with E-state index in [9.17, 15) is 5.11 Å². The SMILES string of the molecule is NC1(c2ccc(-c3nc4nccn4cc3-c3ccccc3)cc2)CC(O)(C2CC2)C1. The second-order valence-electron chi connectivity index (χ2n) is 8.97. The minimum Gasteiger partial charge on any atom is -0.389 e. The second-order valence-corrected chi connectivity index (χ2v) is 8.97. The molecule has 2 aliphatic carbocycles. The molecular formula is C25H24N4O. The van der Waals surface area contributed by atoms with Crippen molar-refractivity contribution in [2.75, 3.05) is 0 Å². The van der Waals surface area contributed by atoms with Gasteiger partial charge in [-0.2, -0.15) is 0 Å². The molecule has 0 bridgehead atoms. The molecule has 3 N–H and O–H groups in total. The number of aromatic nitrogens is 3. The predicted octanol–water partition coefficient (Wildman–Crippen LogP) is 4.15. The Balaban J connectivity index is 1.38. The number of aliphatic hydroxyl groups is 1. The van der Waals surface area contributed by atoms with Crippen molar-refractivity contribution < 1.29 is 5.11 Å². The number of nitrogens with zero attached hydrogens (tertiary/aromatic N) is 3. The Morgan fingerprint density at radius 1 is 0.967 bits per heavy atom. The van der Waals surface area contributed by atoms with Crippen LogP contribution in [0.25, 0.3) is 28.2 Å². The smallest absolute Gasteiger partial charge is 0.234 e. The lowest BCUT2D eigenvalue weighted by Crippen LogP contribution is -2.60. The van der Waals surface area contributed by atoms with Gasteiger partial charge in [0.25, 0.3) is 0 Å². The summed E-state index contributed by atoms with van der Waals surface area (Å²) in [6.45, 7) is 0. The van der Waals surface area contributed by atoms with Gasteiger partial charge in [0, 0.05) is 35.3 Å². The van der Waals surface area contributed by atoms with Gasteiger partial charge in [0.1, 0.15) is 0 Å². The Labute approximate surface area is 175 Å². The number of hydrogen-bond acceptors (Lipinski definition) is 4. The molecule has 2 saturated carbocycles. The van der Waals surface area contributed by atoms with E-state index in [4.69, 9.17) is 10.7 Å². The molecule has 2 aromatic heterocycles. The van der Waals surface area contributed by atoms with Crippen molar-refractivity contribution in [2.24, 2.45) is 11.7 Å². The lowest BCUT2D eigenvalue weighted by atomic mass is 9.60. The van der Waals surface area contributed by atoms with Gasteiger partial charge in [0.05, 0.1) is 11.3 Å². The van der Waals surface area contributed by atoms with Crippen LogP contribution in [-0.4, -0.2) is 25.1 Å². The fourth-order valence-corrected chi connectivity index (χ4v) is 5.02. The van der Waals surface area contributed by atoms with Crippen molar-refractivity contribution in [3.63, 3.8) is 0 Å². The molecule has 2 heterocycles. The van der Waals surface area contributed by atoms with Gasteiger partial charge in [-0.25, -0.2) is 9.97 Å². The summed E-state index contributed by atoms with van der Waals surface area (Å²) in [6, 6.07) is 18.6. The zero-order valence-corrected chi connectivity index (χ0v) is 16.7. The molecule has 2 aromatic carbocycles. The van der Waals surface area contributed by atoms with Crippen molar-refractivity contribution in [2.45, 2.75) is 36.8 Å². The van der Waals surface area contributed by atoms with Gasteiger partial charge in [-0.1, -0.05) is 54.6 Å². The van der Waals surface area contributed by atoms with Crippen LogP contribution in [0.2, 0.25) is 0 Å². The van der Waals surface area contributed by atoms with E-state index in [0.717, 1.165) is 40.8 Å². The molecule has 0 atom stereocenters. The number of nitrogens with two attached hydrogens (primary N) is 1. The standard InChI is InChI=1S/C25H24N4O/c26-24(15-25(30,16-24)20-10-11-20)19-8-6-18(7-9-19)22-21(17-4-2-1-3-5-17)14-29-13-12-27-23(29)28-22/h1-9,12-14,20,30H,10-11,15-16,26H2. The van der Waals surface area contributed by atoms with Crippen LogP contribution >= 0.6 is 0 Å². The van der Waals surface area contributed by atoms with E-state index < -0.39 is 11.1 Å². The number of benzene rings is 2. The molecule has 2 fully saturated rings. The summed E-state index contributed by atoms with van der Waals surface area (Å²) in [6.07, 6.45) is 9.33. The quantitative estimate of drug-likeness (QED) is 0.543. The Bertz CT molecular complexity index is 1220. The number of fused-ring (bicyclic) bond motifs is 1. The maximum atomic E-state index is 10.7. The third-order valence-corrected chi connectivity index (χ3v) is 6.78. The van der Waals surface area contributed by atoms with Crippen LogP contribution in [0.1, 0.15) is 31.2 Å². The number of hydrogen-bond donors (Lipinski definition) is 2. The second kappa shape index (κ2) is 6.24. The summed E-state index contributed by atoms with van der Waals surface area (Å²) in [4.78, 5) is 9.20. The van der Waals surface area contributed by atoms with Crippen molar-refractivity contribution in [3.8, 4) is 22.4 Å². The van der Waals surface area contributed by atoms with Crippen molar-refractivity contribution in [1.82, 2.24) is 14.4 Å². The first-order chi connectivity index (χ1) is 14.5. The van der Waals surface area contributed by atoms with E-state index in [-0.39, 0.29) is 0 Å². The maximum Gasteiger partial charge on any atom is 0.234 e.